The summed E-state index contributed by atoms with van der Waals surface area (Å²) in [4.78, 5) is 27.7. The van der Waals surface area contributed by atoms with Crippen LogP contribution in [0.15, 0.2) is 34.7 Å². The highest BCUT2D eigenvalue weighted by Crippen LogP contribution is 2.30. The fourth-order valence-electron chi connectivity index (χ4n) is 3.56. The maximum Gasteiger partial charge on any atom is 0.314 e. The molecule has 1 fully saturated rings. The molecule has 0 bridgehead atoms. The molecule has 6 nitrogen and oxygen atoms in total. The van der Waals surface area contributed by atoms with Crippen molar-refractivity contribution in [3.63, 3.8) is 0 Å². The van der Waals surface area contributed by atoms with Crippen molar-refractivity contribution in [1.29, 1.82) is 0 Å². The van der Waals surface area contributed by atoms with E-state index in [2.05, 4.69) is 0 Å². The van der Waals surface area contributed by atoms with Gasteiger partial charge in [0.05, 0.1) is 6.04 Å². The van der Waals surface area contributed by atoms with E-state index in [-0.39, 0.29) is 17.9 Å². The molecule has 0 spiro atoms. The molecular weight excluding hydrogens is 318 g/mol. The summed E-state index contributed by atoms with van der Waals surface area (Å²) in [5.74, 6) is 0.855. The Morgan fingerprint density at radius 3 is 2.60 bits per heavy atom. The van der Waals surface area contributed by atoms with Gasteiger partial charge in [0.2, 0.25) is 5.91 Å². The zero-order chi connectivity index (χ0) is 18.0. The van der Waals surface area contributed by atoms with Crippen LogP contribution in [-0.2, 0) is 4.79 Å². The van der Waals surface area contributed by atoms with Crippen LogP contribution in [0.1, 0.15) is 38.5 Å². The molecule has 0 saturated carbocycles. The number of rotatable bonds is 4. The van der Waals surface area contributed by atoms with Crippen LogP contribution in [0.25, 0.3) is 11.0 Å². The Morgan fingerprint density at radius 1 is 1.32 bits per heavy atom. The molecule has 0 aliphatic carbocycles. The number of carbonyl (C=O) groups is 2. The molecular formula is C19H25N3O3. The van der Waals surface area contributed by atoms with Gasteiger partial charge in [-0.2, -0.15) is 0 Å². The van der Waals surface area contributed by atoms with Gasteiger partial charge < -0.3 is 20.0 Å². The average Bonchev–Trinajstić information content (AvgIpc) is 3.06. The molecule has 1 saturated heterocycles. The lowest BCUT2D eigenvalue weighted by Crippen LogP contribution is -2.46. The molecule has 1 aromatic carbocycles. The molecule has 2 aromatic rings. The molecule has 3 rings (SSSR count). The van der Waals surface area contributed by atoms with E-state index in [9.17, 15) is 9.59 Å². The topological polar surface area (TPSA) is 79.8 Å². The Bertz CT molecular complexity index is 729. The number of nitrogens with two attached hydrogens (primary N) is 1. The first-order chi connectivity index (χ1) is 12.0. The number of nitrogens with zero attached hydrogens (tertiary/aromatic N) is 2. The first-order valence-electron chi connectivity index (χ1n) is 8.84. The van der Waals surface area contributed by atoms with E-state index in [4.69, 9.17) is 10.2 Å². The number of benzene rings is 1. The quantitative estimate of drug-likeness (QED) is 0.926. The van der Waals surface area contributed by atoms with Crippen LogP contribution < -0.4 is 5.73 Å². The minimum absolute atomic E-state index is 0.0672. The van der Waals surface area contributed by atoms with E-state index < -0.39 is 6.03 Å². The predicted octanol–water partition coefficient (Wildman–Crippen LogP) is 3.13. The Labute approximate surface area is 147 Å². The number of urea groups is 1. The van der Waals surface area contributed by atoms with Gasteiger partial charge >= 0.3 is 6.03 Å². The monoisotopic (exact) mass is 343 g/mol. The van der Waals surface area contributed by atoms with Crippen LogP contribution in [0, 0.1) is 5.92 Å². The van der Waals surface area contributed by atoms with Crippen molar-refractivity contribution >= 4 is 22.9 Å². The van der Waals surface area contributed by atoms with Gasteiger partial charge in [0.1, 0.15) is 11.3 Å². The summed E-state index contributed by atoms with van der Waals surface area (Å²) in [5.41, 5.74) is 6.15. The van der Waals surface area contributed by atoms with Gasteiger partial charge in [0.15, 0.2) is 0 Å². The van der Waals surface area contributed by atoms with Crippen LogP contribution in [0.2, 0.25) is 0 Å². The molecule has 1 aromatic heterocycles. The summed E-state index contributed by atoms with van der Waals surface area (Å²) in [6.45, 7) is 5.69. The fourth-order valence-corrected chi connectivity index (χ4v) is 3.56. The molecule has 0 radical (unpaired) electrons. The molecule has 1 aliphatic heterocycles. The lowest BCUT2D eigenvalue weighted by Gasteiger charge is -2.35. The van der Waals surface area contributed by atoms with Crippen molar-refractivity contribution in [2.75, 3.05) is 19.6 Å². The second-order valence-corrected chi connectivity index (χ2v) is 6.59. The number of hydrogen-bond acceptors (Lipinski definition) is 3. The molecule has 6 heteroatoms. The maximum atomic E-state index is 13.0. The third-order valence-electron chi connectivity index (χ3n) is 5.10. The van der Waals surface area contributed by atoms with Crippen molar-refractivity contribution < 1.29 is 14.0 Å². The Hall–Kier alpha value is -2.50. The average molecular weight is 343 g/mol. The van der Waals surface area contributed by atoms with E-state index in [0.717, 1.165) is 16.7 Å². The SMILES string of the molecule is CCN(C(=O)C1CCN(C(N)=O)CC1)C(C)c1cc2ccccc2o1. The van der Waals surface area contributed by atoms with E-state index in [1.807, 2.05) is 49.1 Å². The van der Waals surface area contributed by atoms with Crippen LogP contribution in [-0.4, -0.2) is 41.4 Å². The van der Waals surface area contributed by atoms with Gasteiger partial charge in [-0.1, -0.05) is 18.2 Å². The zero-order valence-electron chi connectivity index (χ0n) is 14.8. The van der Waals surface area contributed by atoms with Gasteiger partial charge in [0.25, 0.3) is 0 Å². The minimum atomic E-state index is -0.408. The lowest BCUT2D eigenvalue weighted by molar-refractivity contribution is -0.139. The molecule has 134 valence electrons. The summed E-state index contributed by atoms with van der Waals surface area (Å²) in [6, 6.07) is 9.33. The Kier molecular flexibility index (Phi) is 4.97. The molecule has 25 heavy (non-hydrogen) atoms. The Morgan fingerprint density at radius 2 is 2.00 bits per heavy atom. The number of para-hydroxylation sites is 1. The van der Waals surface area contributed by atoms with E-state index in [1.54, 1.807) is 4.90 Å². The second kappa shape index (κ2) is 7.17. The van der Waals surface area contributed by atoms with E-state index >= 15 is 0 Å². The van der Waals surface area contributed by atoms with Gasteiger partial charge in [-0.25, -0.2) is 4.79 Å². The van der Waals surface area contributed by atoms with Crippen LogP contribution in [0.5, 0.6) is 0 Å². The molecule has 2 heterocycles. The van der Waals surface area contributed by atoms with E-state index in [0.29, 0.717) is 32.5 Å². The number of likely N-dealkylation sites (tertiary alicyclic amines) is 1. The first kappa shape index (κ1) is 17.3. The first-order valence-corrected chi connectivity index (χ1v) is 8.84. The number of furan rings is 1. The standard InChI is InChI=1S/C19H25N3O3/c1-3-22(18(23)14-8-10-21(11-9-14)19(20)24)13(2)17-12-15-6-4-5-7-16(15)25-17/h4-7,12-14H,3,8-11H2,1-2H3,(H2,20,24). The van der Waals surface area contributed by atoms with Gasteiger partial charge in [-0.05, 0) is 38.8 Å². The highest BCUT2D eigenvalue weighted by atomic mass is 16.3. The fraction of sp³-hybridized carbons (Fsp3) is 0.474. The number of piperidine rings is 1. The largest absolute Gasteiger partial charge is 0.459 e. The maximum absolute atomic E-state index is 13.0. The summed E-state index contributed by atoms with van der Waals surface area (Å²) in [5, 5.41) is 1.04. The van der Waals surface area contributed by atoms with Crippen molar-refractivity contribution in [2.45, 2.75) is 32.7 Å². The highest BCUT2D eigenvalue weighted by Gasteiger charge is 2.32. The number of primary amides is 1. The smallest absolute Gasteiger partial charge is 0.314 e. The van der Waals surface area contributed by atoms with Crippen LogP contribution >= 0.6 is 0 Å². The summed E-state index contributed by atoms with van der Waals surface area (Å²) >= 11 is 0. The molecule has 1 aliphatic rings. The second-order valence-electron chi connectivity index (χ2n) is 6.59. The van der Waals surface area contributed by atoms with Crippen LogP contribution in [0.4, 0.5) is 4.79 Å². The van der Waals surface area contributed by atoms with Crippen molar-refractivity contribution in [3.05, 3.63) is 36.1 Å². The third-order valence-corrected chi connectivity index (χ3v) is 5.10. The van der Waals surface area contributed by atoms with Crippen molar-refractivity contribution in [1.82, 2.24) is 9.80 Å². The zero-order valence-corrected chi connectivity index (χ0v) is 14.8. The summed E-state index contributed by atoms with van der Waals surface area (Å²) in [6.07, 6.45) is 1.32. The predicted molar refractivity (Wildman–Crippen MR) is 95.9 cm³/mol. The highest BCUT2D eigenvalue weighted by molar-refractivity contribution is 5.81. The lowest BCUT2D eigenvalue weighted by atomic mass is 9.94. The van der Waals surface area contributed by atoms with Crippen molar-refractivity contribution in [3.8, 4) is 0 Å². The van der Waals surface area contributed by atoms with Gasteiger partial charge in [0, 0.05) is 30.9 Å². The summed E-state index contributed by atoms with van der Waals surface area (Å²) in [7, 11) is 0. The number of amides is 3. The number of fused-ring (bicyclic) bond motifs is 1. The van der Waals surface area contributed by atoms with E-state index in [1.165, 1.54) is 0 Å². The Balaban J connectivity index is 1.72. The number of hydrogen-bond donors (Lipinski definition) is 1. The van der Waals surface area contributed by atoms with Gasteiger partial charge in [-0.3, -0.25) is 4.79 Å². The molecule has 2 N–H and O–H groups in total. The minimum Gasteiger partial charge on any atom is -0.459 e. The third kappa shape index (κ3) is 3.48. The normalized spacial score (nSPS) is 16.8. The number of carbonyl (C=O) groups excluding carboxylic acids is 2. The van der Waals surface area contributed by atoms with Crippen molar-refractivity contribution in [2.24, 2.45) is 11.7 Å². The molecule has 3 amide bonds. The summed E-state index contributed by atoms with van der Waals surface area (Å²) < 4.78 is 5.94. The molecule has 1 atom stereocenters. The van der Waals surface area contributed by atoms with Gasteiger partial charge in [-0.15, -0.1) is 0 Å². The van der Waals surface area contributed by atoms with Crippen LogP contribution in [0.3, 0.4) is 0 Å². The molecule has 1 unspecified atom stereocenters.